The SMILES string of the molecule is CCCC(=O)Nc1cc(C)c(Br)cn1. The summed E-state index contributed by atoms with van der Waals surface area (Å²) in [7, 11) is 0. The summed E-state index contributed by atoms with van der Waals surface area (Å²) in [6.07, 6.45) is 3.08. The van der Waals surface area contributed by atoms with E-state index in [1.54, 1.807) is 6.20 Å². The Morgan fingerprint density at radius 1 is 1.64 bits per heavy atom. The fraction of sp³-hybridized carbons (Fsp3) is 0.400. The fourth-order valence-corrected chi connectivity index (χ4v) is 1.26. The predicted octanol–water partition coefficient (Wildman–Crippen LogP) is 2.89. The van der Waals surface area contributed by atoms with Crippen LogP contribution in [0.3, 0.4) is 0 Å². The maximum absolute atomic E-state index is 11.2. The van der Waals surface area contributed by atoms with Crippen LogP contribution in [0.5, 0.6) is 0 Å². The first-order valence-corrected chi connectivity index (χ1v) is 5.34. The number of nitrogens with one attached hydrogen (secondary N) is 1. The molecule has 1 heterocycles. The summed E-state index contributed by atoms with van der Waals surface area (Å²) in [4.78, 5) is 15.3. The molecule has 76 valence electrons. The lowest BCUT2D eigenvalue weighted by molar-refractivity contribution is -0.116. The highest BCUT2D eigenvalue weighted by molar-refractivity contribution is 9.10. The van der Waals surface area contributed by atoms with Gasteiger partial charge < -0.3 is 5.32 Å². The molecule has 0 spiro atoms. The number of rotatable bonds is 3. The monoisotopic (exact) mass is 256 g/mol. The number of hydrogen-bond donors (Lipinski definition) is 1. The van der Waals surface area contributed by atoms with E-state index in [0.29, 0.717) is 12.2 Å². The number of carbonyl (C=O) groups is 1. The third kappa shape index (κ3) is 3.10. The number of amides is 1. The smallest absolute Gasteiger partial charge is 0.225 e. The Balaban J connectivity index is 2.68. The number of nitrogens with zero attached hydrogens (tertiary/aromatic N) is 1. The first kappa shape index (κ1) is 11.2. The molecule has 0 fully saturated rings. The minimum Gasteiger partial charge on any atom is -0.311 e. The molecule has 0 radical (unpaired) electrons. The topological polar surface area (TPSA) is 42.0 Å². The summed E-state index contributed by atoms with van der Waals surface area (Å²) in [5, 5.41) is 2.74. The van der Waals surface area contributed by atoms with Gasteiger partial charge in [0.25, 0.3) is 0 Å². The van der Waals surface area contributed by atoms with E-state index in [1.807, 2.05) is 19.9 Å². The summed E-state index contributed by atoms with van der Waals surface area (Å²) in [6.45, 7) is 3.93. The molecular formula is C10H13BrN2O. The molecule has 14 heavy (non-hydrogen) atoms. The average molecular weight is 257 g/mol. The van der Waals surface area contributed by atoms with Gasteiger partial charge in [0, 0.05) is 17.1 Å². The van der Waals surface area contributed by atoms with Crippen LogP contribution in [-0.2, 0) is 4.79 Å². The van der Waals surface area contributed by atoms with Gasteiger partial charge in [-0.25, -0.2) is 4.98 Å². The molecule has 1 amide bonds. The average Bonchev–Trinajstić information content (AvgIpc) is 2.12. The number of anilines is 1. The van der Waals surface area contributed by atoms with Crippen molar-refractivity contribution in [2.75, 3.05) is 5.32 Å². The summed E-state index contributed by atoms with van der Waals surface area (Å²) in [6, 6.07) is 1.84. The Morgan fingerprint density at radius 2 is 2.36 bits per heavy atom. The predicted molar refractivity (Wildman–Crippen MR) is 60.2 cm³/mol. The van der Waals surface area contributed by atoms with Gasteiger partial charge in [-0.3, -0.25) is 4.79 Å². The molecule has 0 aromatic carbocycles. The Morgan fingerprint density at radius 3 is 2.93 bits per heavy atom. The Kier molecular flexibility index (Phi) is 4.07. The van der Waals surface area contributed by atoms with E-state index >= 15 is 0 Å². The maximum Gasteiger partial charge on any atom is 0.225 e. The van der Waals surface area contributed by atoms with Crippen molar-refractivity contribution in [1.29, 1.82) is 0 Å². The van der Waals surface area contributed by atoms with E-state index in [-0.39, 0.29) is 5.91 Å². The van der Waals surface area contributed by atoms with E-state index < -0.39 is 0 Å². The molecule has 0 saturated heterocycles. The molecule has 0 aliphatic carbocycles. The molecule has 0 aliphatic heterocycles. The summed E-state index contributed by atoms with van der Waals surface area (Å²) in [5.41, 5.74) is 1.06. The number of aryl methyl sites for hydroxylation is 1. The van der Waals surface area contributed by atoms with Crippen molar-refractivity contribution in [2.45, 2.75) is 26.7 Å². The maximum atomic E-state index is 11.2. The van der Waals surface area contributed by atoms with E-state index in [0.717, 1.165) is 16.5 Å². The third-order valence-corrected chi connectivity index (χ3v) is 2.62. The largest absolute Gasteiger partial charge is 0.311 e. The van der Waals surface area contributed by atoms with Crippen LogP contribution in [0, 0.1) is 6.92 Å². The van der Waals surface area contributed by atoms with E-state index in [4.69, 9.17) is 0 Å². The summed E-state index contributed by atoms with van der Waals surface area (Å²) < 4.78 is 0.950. The normalized spacial score (nSPS) is 9.93. The van der Waals surface area contributed by atoms with Crippen LogP contribution >= 0.6 is 15.9 Å². The van der Waals surface area contributed by atoms with Gasteiger partial charge in [0.15, 0.2) is 0 Å². The van der Waals surface area contributed by atoms with Crippen LogP contribution in [0.2, 0.25) is 0 Å². The minimum absolute atomic E-state index is 0.0155. The highest BCUT2D eigenvalue weighted by Gasteiger charge is 2.02. The van der Waals surface area contributed by atoms with Gasteiger partial charge in [-0.15, -0.1) is 0 Å². The molecule has 0 saturated carbocycles. The minimum atomic E-state index is 0.0155. The molecule has 1 N–H and O–H groups in total. The highest BCUT2D eigenvalue weighted by Crippen LogP contribution is 2.17. The van der Waals surface area contributed by atoms with Gasteiger partial charge in [-0.1, -0.05) is 6.92 Å². The number of halogens is 1. The van der Waals surface area contributed by atoms with Crippen molar-refractivity contribution in [3.63, 3.8) is 0 Å². The lowest BCUT2D eigenvalue weighted by atomic mass is 10.3. The third-order valence-electron chi connectivity index (χ3n) is 1.79. The Hall–Kier alpha value is -0.900. The fourth-order valence-electron chi connectivity index (χ4n) is 1.04. The van der Waals surface area contributed by atoms with Crippen LogP contribution in [0.15, 0.2) is 16.7 Å². The van der Waals surface area contributed by atoms with Gasteiger partial charge >= 0.3 is 0 Å². The number of hydrogen-bond acceptors (Lipinski definition) is 2. The zero-order chi connectivity index (χ0) is 10.6. The van der Waals surface area contributed by atoms with Crippen molar-refractivity contribution in [2.24, 2.45) is 0 Å². The number of carbonyl (C=O) groups excluding carboxylic acids is 1. The standard InChI is InChI=1S/C10H13BrN2O/c1-3-4-10(14)13-9-5-7(2)8(11)6-12-9/h5-6H,3-4H2,1-2H3,(H,12,13,14). The second-order valence-electron chi connectivity index (χ2n) is 3.12. The van der Waals surface area contributed by atoms with Crippen LogP contribution in [-0.4, -0.2) is 10.9 Å². The molecule has 0 atom stereocenters. The first-order valence-electron chi connectivity index (χ1n) is 4.55. The molecule has 1 aromatic heterocycles. The molecular weight excluding hydrogens is 244 g/mol. The zero-order valence-electron chi connectivity index (χ0n) is 8.30. The highest BCUT2D eigenvalue weighted by atomic mass is 79.9. The second kappa shape index (κ2) is 5.10. The van der Waals surface area contributed by atoms with Gasteiger partial charge in [-0.2, -0.15) is 0 Å². The van der Waals surface area contributed by atoms with Crippen LogP contribution in [0.25, 0.3) is 0 Å². The second-order valence-corrected chi connectivity index (χ2v) is 3.97. The Labute approximate surface area is 92.1 Å². The zero-order valence-corrected chi connectivity index (χ0v) is 9.89. The van der Waals surface area contributed by atoms with E-state index in [2.05, 4.69) is 26.2 Å². The lowest BCUT2D eigenvalue weighted by Crippen LogP contribution is -2.11. The van der Waals surface area contributed by atoms with E-state index in [1.165, 1.54) is 0 Å². The van der Waals surface area contributed by atoms with Crippen LogP contribution in [0.1, 0.15) is 25.3 Å². The summed E-state index contributed by atoms with van der Waals surface area (Å²) in [5.74, 6) is 0.630. The molecule has 1 rings (SSSR count). The van der Waals surface area contributed by atoms with Gasteiger partial charge in [0.1, 0.15) is 5.82 Å². The quantitative estimate of drug-likeness (QED) is 0.904. The van der Waals surface area contributed by atoms with Crippen LogP contribution < -0.4 is 5.32 Å². The lowest BCUT2D eigenvalue weighted by Gasteiger charge is -2.04. The molecule has 0 aliphatic rings. The van der Waals surface area contributed by atoms with Crippen molar-refractivity contribution < 1.29 is 4.79 Å². The number of aromatic nitrogens is 1. The molecule has 0 bridgehead atoms. The van der Waals surface area contributed by atoms with Crippen molar-refractivity contribution in [1.82, 2.24) is 4.98 Å². The van der Waals surface area contributed by atoms with Crippen molar-refractivity contribution >= 4 is 27.7 Å². The Bertz CT molecular complexity index is 339. The van der Waals surface area contributed by atoms with Gasteiger partial charge in [0.2, 0.25) is 5.91 Å². The first-order chi connectivity index (χ1) is 6.63. The molecule has 4 heteroatoms. The molecule has 1 aromatic rings. The molecule has 3 nitrogen and oxygen atoms in total. The van der Waals surface area contributed by atoms with E-state index in [9.17, 15) is 4.79 Å². The van der Waals surface area contributed by atoms with Gasteiger partial charge in [0.05, 0.1) is 0 Å². The van der Waals surface area contributed by atoms with Crippen molar-refractivity contribution in [3.8, 4) is 0 Å². The number of pyridine rings is 1. The van der Waals surface area contributed by atoms with Gasteiger partial charge in [-0.05, 0) is 40.9 Å². The van der Waals surface area contributed by atoms with Crippen molar-refractivity contribution in [3.05, 3.63) is 22.3 Å². The van der Waals surface area contributed by atoms with Crippen LogP contribution in [0.4, 0.5) is 5.82 Å². The molecule has 0 unspecified atom stereocenters. The summed E-state index contributed by atoms with van der Waals surface area (Å²) >= 11 is 3.35.